The summed E-state index contributed by atoms with van der Waals surface area (Å²) in [6, 6.07) is 35.7. The predicted molar refractivity (Wildman–Crippen MR) is 134 cm³/mol. The number of benzene rings is 4. The number of carbonyl (C=O) groups excluding carboxylic acids is 2. The molecule has 0 aromatic heterocycles. The maximum atomic E-state index is 13.4. The van der Waals surface area contributed by atoms with Crippen LogP contribution in [-0.2, 0) is 10.2 Å². The van der Waals surface area contributed by atoms with Crippen LogP contribution in [0.4, 0.5) is 0 Å². The Morgan fingerprint density at radius 3 is 1.65 bits per heavy atom. The minimum atomic E-state index is -1.39. The third-order valence-corrected chi connectivity index (χ3v) is 7.05. The highest BCUT2D eigenvalue weighted by molar-refractivity contribution is 6.30. The predicted octanol–water partition coefficient (Wildman–Crippen LogP) is 5.08. The van der Waals surface area contributed by atoms with E-state index in [1.165, 1.54) is 0 Å². The van der Waals surface area contributed by atoms with E-state index in [9.17, 15) is 9.59 Å². The van der Waals surface area contributed by atoms with E-state index in [0.717, 1.165) is 16.7 Å². The molecule has 2 amide bonds. The third kappa shape index (κ3) is 3.22. The van der Waals surface area contributed by atoms with Gasteiger partial charge < -0.3 is 11.1 Å². The van der Waals surface area contributed by atoms with E-state index >= 15 is 0 Å². The first-order chi connectivity index (χ1) is 16.5. The summed E-state index contributed by atoms with van der Waals surface area (Å²) >= 11 is 6.18. The summed E-state index contributed by atoms with van der Waals surface area (Å²) in [6.45, 7) is 0. The van der Waals surface area contributed by atoms with Gasteiger partial charge in [0.2, 0.25) is 5.91 Å². The van der Waals surface area contributed by atoms with Crippen LogP contribution in [0.5, 0.6) is 0 Å². The Kier molecular flexibility index (Phi) is 5.46. The van der Waals surface area contributed by atoms with Crippen molar-refractivity contribution in [2.24, 2.45) is 5.73 Å². The lowest BCUT2D eigenvalue weighted by Crippen LogP contribution is -2.52. The van der Waals surface area contributed by atoms with Gasteiger partial charge in [-0.1, -0.05) is 103 Å². The minimum absolute atomic E-state index is 0.355. The Hall–Kier alpha value is -3.89. The first kappa shape index (κ1) is 21.9. The van der Waals surface area contributed by atoms with Crippen molar-refractivity contribution in [2.75, 3.05) is 0 Å². The highest BCUT2D eigenvalue weighted by atomic mass is 35.5. The average molecular weight is 467 g/mol. The van der Waals surface area contributed by atoms with Crippen LogP contribution in [0.1, 0.15) is 33.0 Å². The number of halogens is 1. The van der Waals surface area contributed by atoms with E-state index in [1.54, 1.807) is 36.4 Å². The van der Waals surface area contributed by atoms with Gasteiger partial charge in [-0.3, -0.25) is 9.59 Å². The Bertz CT molecular complexity index is 1290. The van der Waals surface area contributed by atoms with Crippen molar-refractivity contribution >= 4 is 23.4 Å². The second-order valence-electron chi connectivity index (χ2n) is 8.52. The third-order valence-electron chi connectivity index (χ3n) is 6.80. The van der Waals surface area contributed by atoms with E-state index < -0.39 is 22.8 Å². The molecule has 0 radical (unpaired) electrons. The molecule has 4 aromatic carbocycles. The maximum absolute atomic E-state index is 13.4. The van der Waals surface area contributed by atoms with Crippen LogP contribution in [-0.4, -0.2) is 17.4 Å². The summed E-state index contributed by atoms with van der Waals surface area (Å²) < 4.78 is 0. The van der Waals surface area contributed by atoms with Gasteiger partial charge in [0.15, 0.2) is 0 Å². The number of rotatable bonds is 6. The van der Waals surface area contributed by atoms with E-state index in [1.807, 2.05) is 78.9 Å². The normalized spacial score (nSPS) is 20.3. The van der Waals surface area contributed by atoms with Crippen LogP contribution < -0.4 is 11.1 Å². The maximum Gasteiger partial charge on any atom is 0.252 e. The van der Waals surface area contributed by atoms with Crippen LogP contribution >= 0.6 is 11.6 Å². The molecule has 168 valence electrons. The van der Waals surface area contributed by atoms with Crippen LogP contribution in [0, 0.1) is 0 Å². The standard InChI is InChI=1S/C29H23ClN2O2/c30-24-18-16-20(17-19-24)25-28(22-12-6-2-7-13-22,23-14-8-3-9-15-23)29(25,27(31)34)32-26(33)21-10-4-1-5-11-21/h1-19,25H,(H2,31,34)(H,32,33)/t25-,29+/m1/s1. The Balaban J connectivity index is 1.78. The molecule has 3 N–H and O–H groups in total. The molecule has 1 saturated carbocycles. The lowest BCUT2D eigenvalue weighted by atomic mass is 9.81. The smallest absolute Gasteiger partial charge is 0.252 e. The fraction of sp³-hybridized carbons (Fsp3) is 0.103. The molecule has 0 saturated heterocycles. The zero-order chi connectivity index (χ0) is 23.8. The van der Waals surface area contributed by atoms with Gasteiger partial charge in [-0.25, -0.2) is 0 Å². The highest BCUT2D eigenvalue weighted by Gasteiger charge is 2.82. The molecule has 5 heteroatoms. The Morgan fingerprint density at radius 2 is 1.18 bits per heavy atom. The zero-order valence-electron chi connectivity index (χ0n) is 18.3. The monoisotopic (exact) mass is 466 g/mol. The van der Waals surface area contributed by atoms with Crippen molar-refractivity contribution in [1.29, 1.82) is 0 Å². The molecular formula is C29H23ClN2O2. The molecular weight excluding hydrogens is 444 g/mol. The second kappa shape index (κ2) is 8.47. The Labute approximate surface area is 203 Å². The molecule has 5 rings (SSSR count). The zero-order valence-corrected chi connectivity index (χ0v) is 19.1. The van der Waals surface area contributed by atoms with Crippen molar-refractivity contribution < 1.29 is 9.59 Å². The Morgan fingerprint density at radius 1 is 0.706 bits per heavy atom. The summed E-state index contributed by atoms with van der Waals surface area (Å²) in [5.41, 5.74) is 7.01. The number of hydrogen-bond acceptors (Lipinski definition) is 2. The fourth-order valence-corrected chi connectivity index (χ4v) is 5.52. The summed E-state index contributed by atoms with van der Waals surface area (Å²) in [5.74, 6) is -1.39. The summed E-state index contributed by atoms with van der Waals surface area (Å²) in [7, 11) is 0. The first-order valence-corrected chi connectivity index (χ1v) is 11.4. The summed E-state index contributed by atoms with van der Waals surface area (Å²) in [4.78, 5) is 26.9. The van der Waals surface area contributed by atoms with Crippen LogP contribution in [0.25, 0.3) is 0 Å². The van der Waals surface area contributed by atoms with Crippen LogP contribution in [0.3, 0.4) is 0 Å². The summed E-state index contributed by atoms with van der Waals surface area (Å²) in [5, 5.41) is 3.68. The SMILES string of the molecule is NC(=O)[C@@]1(NC(=O)c2ccccc2)[C@H](c2ccc(Cl)cc2)C1(c1ccccc1)c1ccccc1. The van der Waals surface area contributed by atoms with Crippen molar-refractivity contribution in [3.05, 3.63) is 143 Å². The second-order valence-corrected chi connectivity index (χ2v) is 8.95. The summed E-state index contributed by atoms with van der Waals surface area (Å²) in [6.07, 6.45) is 0. The number of amides is 2. The van der Waals surface area contributed by atoms with E-state index in [0.29, 0.717) is 10.6 Å². The largest absolute Gasteiger partial charge is 0.368 e. The van der Waals surface area contributed by atoms with Gasteiger partial charge in [0, 0.05) is 16.5 Å². The van der Waals surface area contributed by atoms with Gasteiger partial charge >= 0.3 is 0 Å². The van der Waals surface area contributed by atoms with E-state index in [-0.39, 0.29) is 5.91 Å². The molecule has 4 aromatic rings. The number of nitrogens with two attached hydrogens (primary N) is 1. The quantitative estimate of drug-likeness (QED) is 0.416. The van der Waals surface area contributed by atoms with Gasteiger partial charge in [0.1, 0.15) is 5.54 Å². The first-order valence-electron chi connectivity index (χ1n) is 11.1. The van der Waals surface area contributed by atoms with Gasteiger partial charge in [-0.15, -0.1) is 0 Å². The minimum Gasteiger partial charge on any atom is -0.368 e. The molecule has 0 heterocycles. The highest BCUT2D eigenvalue weighted by Crippen LogP contribution is 2.71. The van der Waals surface area contributed by atoms with Gasteiger partial charge in [-0.2, -0.15) is 0 Å². The fourth-order valence-electron chi connectivity index (χ4n) is 5.40. The van der Waals surface area contributed by atoms with Crippen molar-refractivity contribution in [3.63, 3.8) is 0 Å². The molecule has 0 aliphatic heterocycles. The van der Waals surface area contributed by atoms with Crippen LogP contribution in [0.2, 0.25) is 5.02 Å². The molecule has 1 aliphatic carbocycles. The van der Waals surface area contributed by atoms with Crippen molar-refractivity contribution in [1.82, 2.24) is 5.32 Å². The van der Waals surface area contributed by atoms with Crippen molar-refractivity contribution in [2.45, 2.75) is 16.9 Å². The lowest BCUT2D eigenvalue weighted by Gasteiger charge is -2.25. The molecule has 1 aliphatic rings. The van der Waals surface area contributed by atoms with Gasteiger partial charge in [0.05, 0.1) is 5.41 Å². The topological polar surface area (TPSA) is 72.2 Å². The number of hydrogen-bond donors (Lipinski definition) is 2. The average Bonchev–Trinajstić information content (AvgIpc) is 3.50. The molecule has 0 spiro atoms. The molecule has 4 nitrogen and oxygen atoms in total. The number of primary amides is 1. The van der Waals surface area contributed by atoms with E-state index in [2.05, 4.69) is 5.32 Å². The van der Waals surface area contributed by atoms with Gasteiger partial charge in [0.25, 0.3) is 5.91 Å². The molecule has 0 unspecified atom stereocenters. The lowest BCUT2D eigenvalue weighted by molar-refractivity contribution is -0.121. The van der Waals surface area contributed by atoms with Gasteiger partial charge in [-0.05, 0) is 41.0 Å². The number of nitrogens with one attached hydrogen (secondary N) is 1. The molecule has 2 atom stereocenters. The van der Waals surface area contributed by atoms with E-state index in [4.69, 9.17) is 17.3 Å². The molecule has 34 heavy (non-hydrogen) atoms. The van der Waals surface area contributed by atoms with Crippen molar-refractivity contribution in [3.8, 4) is 0 Å². The number of carbonyl (C=O) groups is 2. The van der Waals surface area contributed by atoms with Crippen LogP contribution in [0.15, 0.2) is 115 Å². The molecule has 0 bridgehead atoms. The molecule has 1 fully saturated rings.